The molecule has 3 spiro atoms. The average Bonchev–Trinajstić information content (AvgIpc) is 4.47. The monoisotopic (exact) mass is 1240 g/mol. The van der Waals surface area contributed by atoms with E-state index in [2.05, 4.69) is 32.4 Å². The van der Waals surface area contributed by atoms with E-state index in [1.807, 2.05) is 95.9 Å². The van der Waals surface area contributed by atoms with Crippen LogP contribution >= 0.6 is 0 Å². The van der Waals surface area contributed by atoms with Gasteiger partial charge in [-0.15, -0.1) is 0 Å². The second kappa shape index (κ2) is 26.2. The van der Waals surface area contributed by atoms with Gasteiger partial charge in [-0.1, -0.05) is 89.2 Å². The van der Waals surface area contributed by atoms with Crippen LogP contribution in [0.25, 0.3) is 0 Å². The molecule has 1 aromatic heterocycles. The summed E-state index contributed by atoms with van der Waals surface area (Å²) in [4.78, 5) is 66.3. The molecule has 5 saturated heterocycles. The number of ether oxygens (including phenoxy) is 3. The highest BCUT2D eigenvalue weighted by Gasteiger charge is 2.50. The van der Waals surface area contributed by atoms with Crippen LogP contribution in [0.5, 0.6) is 5.75 Å². The van der Waals surface area contributed by atoms with Crippen LogP contribution in [0.2, 0.25) is 0 Å². The number of likely N-dealkylation sites (tertiary alicyclic amines) is 5. The first-order chi connectivity index (χ1) is 38.7. The summed E-state index contributed by atoms with van der Waals surface area (Å²) in [7, 11) is -1.09. The number of benzene rings is 3. The quantitative estimate of drug-likeness (QED) is 0.168. The maximum absolute atomic E-state index is 12.6. The van der Waals surface area contributed by atoms with Gasteiger partial charge in [0, 0.05) is 116 Å². The van der Waals surface area contributed by atoms with E-state index in [9.17, 15) is 22.8 Å². The molecule has 8 aliphatic rings. The van der Waals surface area contributed by atoms with Gasteiger partial charge >= 0.3 is 12.2 Å². The number of nitrogens with zero attached hydrogens (tertiary/aromatic N) is 9. The highest BCUT2D eigenvalue weighted by atomic mass is 127. The minimum absolute atomic E-state index is 0. The first-order valence-electron chi connectivity index (χ1n) is 28.1. The van der Waals surface area contributed by atoms with Crippen molar-refractivity contribution >= 4 is 45.5 Å². The van der Waals surface area contributed by atoms with Gasteiger partial charge in [0.2, 0.25) is 11.7 Å². The fourth-order valence-corrected chi connectivity index (χ4v) is 12.1. The molecule has 0 unspecified atom stereocenters. The molecule has 3 amide bonds. The number of pyridine rings is 1. The molecule has 0 atom stereocenters. The summed E-state index contributed by atoms with van der Waals surface area (Å²) in [6.07, 6.45) is 13.9. The zero-order chi connectivity index (χ0) is 55.6. The molecule has 3 aromatic carbocycles. The van der Waals surface area contributed by atoms with E-state index in [1.54, 1.807) is 9.80 Å². The standard InChI is InChI=1S/C20H21N3O5S.C20H28N3O3.C19H25N3O3.HI/c1-29(25,26)18-8-7-16(14-21-18)27-17-13-20(28-22-17)9-11-23(12-10-20)19(24)15-5-3-2-4-6-15;1-23(13-5-6-14-23)18-15-20(26-21-18)9-11-22(12-10-20)19(24)25-16-17-7-3-2-4-8-17;23-18(24-15-16-6-2-1-3-7-16)22-12-8-19(9-13-22)14-17(20-25-19)21-10-4-5-11-21;/h2-8,14H,9-13H2,1H3;2-4,7-8H,5-6,9-16H2,1H3;1-3,6-7H,4-5,8-15H2;1H/q;+1;;/p-1. The first kappa shape index (κ1) is 59.1. The van der Waals surface area contributed by atoms with Gasteiger partial charge in [-0.2, -0.15) is 0 Å². The Bertz CT molecular complexity index is 2970. The van der Waals surface area contributed by atoms with E-state index in [-0.39, 0.29) is 58.3 Å². The number of oxime groups is 3. The van der Waals surface area contributed by atoms with E-state index in [1.165, 1.54) is 49.8 Å². The van der Waals surface area contributed by atoms with Crippen LogP contribution in [-0.2, 0) is 47.0 Å². The lowest BCUT2D eigenvalue weighted by Gasteiger charge is -2.37. The summed E-state index contributed by atoms with van der Waals surface area (Å²) in [5, 5.41) is 12.9. The van der Waals surface area contributed by atoms with Crippen LogP contribution in [0.4, 0.5) is 9.59 Å². The molecule has 8 aliphatic heterocycles. The summed E-state index contributed by atoms with van der Waals surface area (Å²) < 4.78 is 40.5. The first-order valence-corrected chi connectivity index (χ1v) is 30.0. The van der Waals surface area contributed by atoms with Gasteiger partial charge in [0.1, 0.15) is 36.0 Å². The Morgan fingerprint density at radius 1 is 0.580 bits per heavy atom. The molecule has 81 heavy (non-hydrogen) atoms. The third kappa shape index (κ3) is 14.9. The van der Waals surface area contributed by atoms with Gasteiger partial charge in [-0.25, -0.2) is 23.0 Å². The number of hydrogen-bond acceptors (Lipinski definition) is 16. The summed E-state index contributed by atoms with van der Waals surface area (Å²) in [5.41, 5.74) is 1.80. The Balaban J connectivity index is 0.000000146. The van der Waals surface area contributed by atoms with Crippen molar-refractivity contribution in [1.29, 1.82) is 0 Å². The Morgan fingerprint density at radius 3 is 1.58 bits per heavy atom. The average molecular weight is 1240 g/mol. The molecule has 0 saturated carbocycles. The lowest BCUT2D eigenvalue weighted by Crippen LogP contribution is -3.00. The Hall–Kier alpha value is -6.53. The van der Waals surface area contributed by atoms with Crippen LogP contribution < -0.4 is 28.7 Å². The van der Waals surface area contributed by atoms with Crippen LogP contribution in [0.1, 0.15) is 105 Å². The van der Waals surface area contributed by atoms with Gasteiger partial charge < -0.3 is 72.3 Å². The van der Waals surface area contributed by atoms with Crippen molar-refractivity contribution < 1.29 is 80.0 Å². The number of hydrogen-bond donors (Lipinski definition) is 0. The van der Waals surface area contributed by atoms with Gasteiger partial charge in [-0.05, 0) is 53.4 Å². The Labute approximate surface area is 491 Å². The largest absolute Gasteiger partial charge is 1.00 e. The number of rotatable bonds is 7. The lowest BCUT2D eigenvalue weighted by molar-refractivity contribution is -0.808. The topological polar surface area (TPSA) is 204 Å². The summed E-state index contributed by atoms with van der Waals surface area (Å²) in [6.45, 7) is 8.98. The Kier molecular flexibility index (Phi) is 19.1. The highest BCUT2D eigenvalue weighted by Crippen LogP contribution is 2.40. The molecule has 0 radical (unpaired) electrons. The zero-order valence-electron chi connectivity index (χ0n) is 46.4. The molecule has 22 heteroatoms. The zero-order valence-corrected chi connectivity index (χ0v) is 49.3. The number of carbonyl (C=O) groups excluding carboxylic acids is 3. The number of amides is 3. The molecule has 0 N–H and O–H groups in total. The predicted octanol–water partition coefficient (Wildman–Crippen LogP) is 5.40. The number of carbonyl (C=O) groups is 3. The van der Waals surface area contributed by atoms with E-state index < -0.39 is 15.4 Å². The second-order valence-corrected chi connectivity index (χ2v) is 24.5. The molecule has 20 nitrogen and oxygen atoms in total. The molecule has 434 valence electrons. The van der Waals surface area contributed by atoms with Crippen molar-refractivity contribution in [2.45, 2.75) is 119 Å². The predicted molar refractivity (Wildman–Crippen MR) is 298 cm³/mol. The Morgan fingerprint density at radius 2 is 1.06 bits per heavy atom. The SMILES string of the molecule is CS(=O)(=O)c1ccc(OC2=NOC3(CCN(C(=O)c4ccccc4)CC3)C2)cn1.C[N+]1(C2=NOC3(CCN(C(=O)OCc4ccccc4)CC3)C2)CCCC1.O=C(OCc1ccccc1)N1CCC2(CC1)CC(N1CCCC1)=NO2.[I-]. The van der Waals surface area contributed by atoms with Gasteiger partial charge in [0.25, 0.3) is 5.91 Å². The van der Waals surface area contributed by atoms with Crippen LogP contribution in [0.3, 0.4) is 0 Å². The van der Waals surface area contributed by atoms with E-state index in [4.69, 9.17) is 28.7 Å². The third-order valence-electron chi connectivity index (χ3n) is 16.7. The normalized spacial score (nSPS) is 20.9. The van der Waals surface area contributed by atoms with Crippen molar-refractivity contribution in [3.63, 3.8) is 0 Å². The number of quaternary nitrogens is 1. The van der Waals surface area contributed by atoms with E-state index >= 15 is 0 Å². The molecule has 5 fully saturated rings. The summed E-state index contributed by atoms with van der Waals surface area (Å²) in [5.74, 6) is 3.11. The van der Waals surface area contributed by atoms with Gasteiger partial charge in [-0.3, -0.25) is 9.28 Å². The summed E-state index contributed by atoms with van der Waals surface area (Å²) >= 11 is 0. The molecule has 0 bridgehead atoms. The molecule has 0 aliphatic carbocycles. The number of aromatic nitrogens is 1. The maximum atomic E-state index is 12.6. The smallest absolute Gasteiger partial charge is 0.410 e. The number of halogens is 1. The fraction of sp³-hybridized carbons (Fsp3) is 0.508. The highest BCUT2D eigenvalue weighted by molar-refractivity contribution is 7.90. The number of amidine groups is 2. The molecule has 4 aromatic rings. The van der Waals surface area contributed by atoms with Crippen molar-refractivity contribution in [3.8, 4) is 5.75 Å². The number of piperidine rings is 3. The van der Waals surface area contributed by atoms with E-state index in [0.717, 1.165) is 92.4 Å². The van der Waals surface area contributed by atoms with Crippen molar-refractivity contribution in [2.24, 2.45) is 15.5 Å². The fourth-order valence-electron chi connectivity index (χ4n) is 11.6. The third-order valence-corrected chi connectivity index (χ3v) is 17.7. The summed E-state index contributed by atoms with van der Waals surface area (Å²) in [6, 6.07) is 31.7. The van der Waals surface area contributed by atoms with Crippen molar-refractivity contribution in [3.05, 3.63) is 126 Å². The van der Waals surface area contributed by atoms with Crippen LogP contribution in [-0.4, -0.2) is 169 Å². The van der Waals surface area contributed by atoms with Crippen LogP contribution in [0, 0.1) is 0 Å². The van der Waals surface area contributed by atoms with Crippen LogP contribution in [0.15, 0.2) is 130 Å². The van der Waals surface area contributed by atoms with E-state index in [0.29, 0.717) is 89.0 Å². The molecule has 12 rings (SSSR count). The van der Waals surface area contributed by atoms with Crippen molar-refractivity contribution in [2.75, 3.05) is 78.8 Å². The van der Waals surface area contributed by atoms with Gasteiger partial charge in [0.15, 0.2) is 20.5 Å². The molecular weight excluding hydrogens is 1170 g/mol. The van der Waals surface area contributed by atoms with Gasteiger partial charge in [0.05, 0.1) is 45.6 Å². The lowest BCUT2D eigenvalue weighted by atomic mass is 9.88. The van der Waals surface area contributed by atoms with Crippen molar-refractivity contribution in [1.82, 2.24) is 24.6 Å². The molecule has 9 heterocycles. The number of sulfone groups is 1. The minimum Gasteiger partial charge on any atom is -1.00 e. The molecular formula is C59H74IN9O11S. The second-order valence-electron chi connectivity index (χ2n) is 22.5. The minimum atomic E-state index is -3.36. The maximum Gasteiger partial charge on any atom is 0.410 e.